The fourth-order valence-electron chi connectivity index (χ4n) is 1.59. The molecule has 0 aliphatic heterocycles. The highest BCUT2D eigenvalue weighted by molar-refractivity contribution is 7.92. The average Bonchev–Trinajstić information content (AvgIpc) is 2.34. The molecule has 0 aliphatic rings. The van der Waals surface area contributed by atoms with E-state index in [1.807, 2.05) is 6.92 Å². The molecule has 8 heteroatoms. The monoisotopic (exact) mass is 334 g/mol. The third kappa shape index (κ3) is 4.77. The van der Waals surface area contributed by atoms with Crippen LogP contribution in [0.2, 0.25) is 0 Å². The zero-order valence-electron chi connectivity index (χ0n) is 12.6. The van der Waals surface area contributed by atoms with Crippen LogP contribution in [0.15, 0.2) is 29.2 Å². The molecule has 120 valence electrons. The Balaban J connectivity index is 2.80. The minimum Gasteiger partial charge on any atom is -0.309 e. The van der Waals surface area contributed by atoms with Crippen LogP contribution in [-0.2, 0) is 19.9 Å². The van der Waals surface area contributed by atoms with E-state index >= 15 is 0 Å². The van der Waals surface area contributed by atoms with E-state index in [0.717, 1.165) is 5.56 Å². The van der Waals surface area contributed by atoms with Crippen molar-refractivity contribution in [1.29, 1.82) is 0 Å². The number of nitrogens with two attached hydrogens (primary N) is 1. The van der Waals surface area contributed by atoms with Gasteiger partial charge in [-0.2, -0.15) is 0 Å². The summed E-state index contributed by atoms with van der Waals surface area (Å²) in [6.45, 7) is 5.49. The number of sulfonamides is 1. The normalized spacial score (nSPS) is 14.9. The Labute approximate surface area is 126 Å². The highest BCUT2D eigenvalue weighted by Crippen LogP contribution is 2.18. The molecule has 0 aromatic heterocycles. The average molecular weight is 334 g/mol. The van der Waals surface area contributed by atoms with Crippen LogP contribution in [0.3, 0.4) is 0 Å². The van der Waals surface area contributed by atoms with E-state index in [9.17, 15) is 16.8 Å². The highest BCUT2D eigenvalue weighted by atomic mass is 32.2. The zero-order chi connectivity index (χ0) is 16.5. The summed E-state index contributed by atoms with van der Waals surface area (Å²) in [7, 11) is -6.86. The molecule has 0 saturated heterocycles. The van der Waals surface area contributed by atoms with Crippen molar-refractivity contribution in [2.24, 2.45) is 5.14 Å². The first-order valence-corrected chi connectivity index (χ1v) is 9.84. The van der Waals surface area contributed by atoms with Gasteiger partial charge in [-0.15, -0.1) is 0 Å². The second-order valence-corrected chi connectivity index (χ2v) is 9.96. The van der Waals surface area contributed by atoms with Crippen LogP contribution in [-0.4, -0.2) is 34.4 Å². The summed E-state index contributed by atoms with van der Waals surface area (Å²) in [6, 6.07) is 6.07. The topological polar surface area (TPSA) is 106 Å². The van der Waals surface area contributed by atoms with Gasteiger partial charge >= 0.3 is 0 Å². The van der Waals surface area contributed by atoms with E-state index in [-0.39, 0.29) is 10.9 Å². The summed E-state index contributed by atoms with van der Waals surface area (Å²) in [5.74, 6) is 0. The van der Waals surface area contributed by atoms with Gasteiger partial charge in [-0.25, -0.2) is 22.0 Å². The minimum absolute atomic E-state index is 0.0508. The molecule has 0 aliphatic carbocycles. The molecular formula is C13H22N2O4S2. The highest BCUT2D eigenvalue weighted by Gasteiger charge is 2.30. The third-order valence-electron chi connectivity index (χ3n) is 3.55. The lowest BCUT2D eigenvalue weighted by Crippen LogP contribution is -2.42. The number of sulfone groups is 1. The molecule has 1 unspecified atom stereocenters. The van der Waals surface area contributed by atoms with E-state index in [4.69, 9.17) is 5.14 Å². The molecule has 0 amide bonds. The fraction of sp³-hybridized carbons (Fsp3) is 0.538. The second kappa shape index (κ2) is 6.04. The number of rotatable bonds is 6. The first-order valence-electron chi connectivity index (χ1n) is 6.40. The lowest BCUT2D eigenvalue weighted by molar-refractivity contribution is 0.488. The van der Waals surface area contributed by atoms with E-state index in [2.05, 4.69) is 5.32 Å². The molecule has 1 aromatic carbocycles. The minimum atomic E-state index is -3.70. The van der Waals surface area contributed by atoms with E-state index in [1.54, 1.807) is 26.0 Å². The van der Waals surface area contributed by atoms with Crippen LogP contribution in [0, 0.1) is 0 Å². The summed E-state index contributed by atoms with van der Waals surface area (Å²) in [5, 5.41) is 8.18. The van der Waals surface area contributed by atoms with Crippen molar-refractivity contribution < 1.29 is 16.8 Å². The summed E-state index contributed by atoms with van der Waals surface area (Å²) in [4.78, 5) is 0.0508. The number of primary sulfonamides is 1. The van der Waals surface area contributed by atoms with Crippen molar-refractivity contribution in [3.8, 4) is 0 Å². The van der Waals surface area contributed by atoms with Gasteiger partial charge in [0.25, 0.3) is 0 Å². The Morgan fingerprint density at radius 2 is 1.62 bits per heavy atom. The Morgan fingerprint density at radius 3 is 2.00 bits per heavy atom. The van der Waals surface area contributed by atoms with Gasteiger partial charge in [0, 0.05) is 18.8 Å². The van der Waals surface area contributed by atoms with E-state index in [1.165, 1.54) is 18.4 Å². The molecule has 21 heavy (non-hydrogen) atoms. The Morgan fingerprint density at radius 1 is 1.14 bits per heavy atom. The van der Waals surface area contributed by atoms with Gasteiger partial charge < -0.3 is 5.32 Å². The predicted molar refractivity (Wildman–Crippen MR) is 83.2 cm³/mol. The van der Waals surface area contributed by atoms with Crippen molar-refractivity contribution in [3.63, 3.8) is 0 Å². The van der Waals surface area contributed by atoms with Crippen LogP contribution in [0.1, 0.15) is 32.4 Å². The maximum atomic E-state index is 11.6. The molecule has 1 aromatic rings. The second-order valence-electron chi connectivity index (χ2n) is 5.75. The van der Waals surface area contributed by atoms with Crippen molar-refractivity contribution in [2.75, 3.05) is 12.8 Å². The van der Waals surface area contributed by atoms with Crippen molar-refractivity contribution in [1.82, 2.24) is 5.32 Å². The van der Waals surface area contributed by atoms with E-state index in [0.29, 0.717) is 6.54 Å². The standard InChI is InChI=1S/C13H22N2O4S2/c1-10(15-9-13(2,3)20(4,16)17)11-5-7-12(8-6-11)21(14,18)19/h5-8,10,15H,9H2,1-4H3,(H2,14,18,19). The molecule has 0 fully saturated rings. The molecule has 0 radical (unpaired) electrons. The number of benzene rings is 1. The number of hydrogen-bond acceptors (Lipinski definition) is 5. The first kappa shape index (κ1) is 18.1. The molecular weight excluding hydrogens is 312 g/mol. The fourth-order valence-corrected chi connectivity index (χ4v) is 2.45. The Hall–Kier alpha value is -0.960. The molecule has 0 bridgehead atoms. The molecule has 1 rings (SSSR count). The SMILES string of the molecule is CC(NCC(C)(C)S(C)(=O)=O)c1ccc(S(N)(=O)=O)cc1. The van der Waals surface area contributed by atoms with Gasteiger partial charge in [0.05, 0.1) is 9.64 Å². The maximum Gasteiger partial charge on any atom is 0.238 e. The number of nitrogens with one attached hydrogen (secondary N) is 1. The van der Waals surface area contributed by atoms with Crippen LogP contribution < -0.4 is 10.5 Å². The molecule has 0 saturated carbocycles. The largest absolute Gasteiger partial charge is 0.309 e. The van der Waals surface area contributed by atoms with Gasteiger partial charge in [-0.05, 0) is 38.5 Å². The Bertz CT molecular complexity index is 692. The quantitative estimate of drug-likeness (QED) is 0.800. The van der Waals surface area contributed by atoms with Crippen LogP contribution >= 0.6 is 0 Å². The van der Waals surface area contributed by atoms with Crippen LogP contribution in [0.25, 0.3) is 0 Å². The van der Waals surface area contributed by atoms with E-state index < -0.39 is 24.6 Å². The van der Waals surface area contributed by atoms with Crippen molar-refractivity contribution in [2.45, 2.75) is 36.5 Å². The van der Waals surface area contributed by atoms with Crippen LogP contribution in [0.5, 0.6) is 0 Å². The molecule has 1 atom stereocenters. The molecule has 0 heterocycles. The third-order valence-corrected chi connectivity index (χ3v) is 6.63. The number of hydrogen-bond donors (Lipinski definition) is 2. The summed E-state index contributed by atoms with van der Waals surface area (Å²) in [5.41, 5.74) is 0.853. The first-order chi connectivity index (χ1) is 9.34. The van der Waals surface area contributed by atoms with Gasteiger partial charge in [-0.1, -0.05) is 12.1 Å². The maximum absolute atomic E-state index is 11.6. The van der Waals surface area contributed by atoms with Crippen LogP contribution in [0.4, 0.5) is 0 Å². The summed E-state index contributed by atoms with van der Waals surface area (Å²) < 4.78 is 44.8. The zero-order valence-corrected chi connectivity index (χ0v) is 14.3. The summed E-state index contributed by atoms with van der Waals surface area (Å²) in [6.07, 6.45) is 1.21. The lowest BCUT2D eigenvalue weighted by Gasteiger charge is -2.25. The summed E-state index contributed by atoms with van der Waals surface area (Å²) >= 11 is 0. The molecule has 0 spiro atoms. The lowest BCUT2D eigenvalue weighted by atomic mass is 10.1. The Kier molecular flexibility index (Phi) is 5.20. The predicted octanol–water partition coefficient (Wildman–Crippen LogP) is 0.808. The van der Waals surface area contributed by atoms with Gasteiger partial charge in [0.2, 0.25) is 10.0 Å². The van der Waals surface area contributed by atoms with Gasteiger partial charge in [0.1, 0.15) is 0 Å². The van der Waals surface area contributed by atoms with Crippen molar-refractivity contribution >= 4 is 19.9 Å². The molecule has 6 nitrogen and oxygen atoms in total. The van der Waals surface area contributed by atoms with Gasteiger partial charge in [-0.3, -0.25) is 0 Å². The molecule has 3 N–H and O–H groups in total. The van der Waals surface area contributed by atoms with Gasteiger partial charge in [0.15, 0.2) is 9.84 Å². The smallest absolute Gasteiger partial charge is 0.238 e. The van der Waals surface area contributed by atoms with Crippen molar-refractivity contribution in [3.05, 3.63) is 29.8 Å².